The van der Waals surface area contributed by atoms with E-state index < -0.39 is 0 Å². The van der Waals surface area contributed by atoms with E-state index in [1.54, 1.807) is 12.3 Å². The molecule has 5 rings (SSSR count). The van der Waals surface area contributed by atoms with E-state index in [2.05, 4.69) is 15.5 Å². The predicted molar refractivity (Wildman–Crippen MR) is 106 cm³/mol. The van der Waals surface area contributed by atoms with Crippen molar-refractivity contribution in [2.75, 3.05) is 6.79 Å². The van der Waals surface area contributed by atoms with Crippen LogP contribution < -0.4 is 19.5 Å². The Kier molecular flexibility index (Phi) is 4.65. The summed E-state index contributed by atoms with van der Waals surface area (Å²) >= 11 is 0. The minimum atomic E-state index is -0.334. The van der Waals surface area contributed by atoms with Gasteiger partial charge in [-0.1, -0.05) is 17.3 Å². The molecule has 0 saturated heterocycles. The van der Waals surface area contributed by atoms with Crippen LogP contribution in [0.5, 0.6) is 17.2 Å². The van der Waals surface area contributed by atoms with Crippen LogP contribution in [0.1, 0.15) is 21.8 Å². The molecule has 0 aliphatic carbocycles. The van der Waals surface area contributed by atoms with Crippen LogP contribution in [0.4, 0.5) is 0 Å². The molecule has 1 aliphatic heterocycles. The summed E-state index contributed by atoms with van der Waals surface area (Å²) in [5, 5.41) is 7.62. The zero-order valence-corrected chi connectivity index (χ0v) is 15.8. The van der Waals surface area contributed by atoms with Crippen LogP contribution in [0.15, 0.2) is 65.3 Å². The van der Waals surface area contributed by atoms with Crippen molar-refractivity contribution in [3.63, 3.8) is 0 Å². The van der Waals surface area contributed by atoms with Crippen LogP contribution in [-0.4, -0.2) is 22.8 Å². The van der Waals surface area contributed by atoms with Gasteiger partial charge in [0.2, 0.25) is 6.79 Å². The van der Waals surface area contributed by atoms with Crippen molar-refractivity contribution < 1.29 is 23.5 Å². The molecule has 8 heteroatoms. The fourth-order valence-electron chi connectivity index (χ4n) is 3.11. The van der Waals surface area contributed by atoms with Gasteiger partial charge in [-0.2, -0.15) is 0 Å². The number of pyridine rings is 1. The summed E-state index contributed by atoms with van der Waals surface area (Å²) in [5.41, 5.74) is 1.98. The second-order valence-electron chi connectivity index (χ2n) is 6.70. The number of hydrogen-bond donors (Lipinski definition) is 1. The number of ether oxygens (including phenoxy) is 3. The summed E-state index contributed by atoms with van der Waals surface area (Å²) in [6.07, 6.45) is 1.75. The highest BCUT2D eigenvalue weighted by molar-refractivity contribution is 5.92. The van der Waals surface area contributed by atoms with Crippen molar-refractivity contribution in [3.8, 4) is 17.2 Å². The van der Waals surface area contributed by atoms with Crippen molar-refractivity contribution in [1.29, 1.82) is 0 Å². The van der Waals surface area contributed by atoms with Gasteiger partial charge in [-0.3, -0.25) is 9.78 Å². The third-order valence-electron chi connectivity index (χ3n) is 4.64. The molecule has 1 N–H and O–H groups in total. The summed E-state index contributed by atoms with van der Waals surface area (Å²) in [4.78, 5) is 16.6. The van der Waals surface area contributed by atoms with Crippen LogP contribution in [0.25, 0.3) is 10.9 Å². The lowest BCUT2D eigenvalue weighted by Crippen LogP contribution is -2.23. The third kappa shape index (κ3) is 3.75. The van der Waals surface area contributed by atoms with Gasteiger partial charge in [0.25, 0.3) is 5.91 Å². The first-order valence-electron chi connectivity index (χ1n) is 9.34. The molecule has 2 aromatic heterocycles. The Balaban J connectivity index is 1.17. The number of amides is 1. The van der Waals surface area contributed by atoms with Crippen molar-refractivity contribution in [2.45, 2.75) is 13.2 Å². The van der Waals surface area contributed by atoms with Gasteiger partial charge in [0.15, 0.2) is 23.0 Å². The van der Waals surface area contributed by atoms with Gasteiger partial charge in [0.1, 0.15) is 12.4 Å². The highest BCUT2D eigenvalue weighted by Gasteiger charge is 2.15. The van der Waals surface area contributed by atoms with E-state index in [-0.39, 0.29) is 25.0 Å². The second-order valence-corrected chi connectivity index (χ2v) is 6.70. The summed E-state index contributed by atoms with van der Waals surface area (Å²) in [6, 6.07) is 16.6. The van der Waals surface area contributed by atoms with Crippen molar-refractivity contribution in [3.05, 3.63) is 77.8 Å². The van der Waals surface area contributed by atoms with Gasteiger partial charge in [-0.05, 0) is 42.0 Å². The molecule has 4 aromatic rings. The monoisotopic (exact) mass is 403 g/mol. The predicted octanol–water partition coefficient (Wildman–Crippen LogP) is 3.46. The number of nitrogens with zero attached hydrogens (tertiary/aromatic N) is 2. The Labute approximate surface area is 171 Å². The van der Waals surface area contributed by atoms with E-state index in [4.69, 9.17) is 18.7 Å². The largest absolute Gasteiger partial charge is 0.486 e. The number of rotatable bonds is 6. The molecule has 1 aliphatic rings. The van der Waals surface area contributed by atoms with E-state index in [1.807, 2.05) is 48.5 Å². The number of carbonyl (C=O) groups excluding carboxylic acids is 1. The number of nitrogens with one attached hydrogen (secondary N) is 1. The first-order chi connectivity index (χ1) is 14.7. The summed E-state index contributed by atoms with van der Waals surface area (Å²) in [7, 11) is 0. The molecular weight excluding hydrogens is 386 g/mol. The van der Waals surface area contributed by atoms with Crippen LogP contribution in [0, 0.1) is 0 Å². The number of benzene rings is 2. The minimum absolute atomic E-state index is 0.161. The first kappa shape index (κ1) is 18.0. The van der Waals surface area contributed by atoms with E-state index >= 15 is 0 Å². The second kappa shape index (κ2) is 7.75. The van der Waals surface area contributed by atoms with Crippen molar-refractivity contribution >= 4 is 16.8 Å². The van der Waals surface area contributed by atoms with Crippen LogP contribution in [-0.2, 0) is 13.2 Å². The average molecular weight is 403 g/mol. The molecule has 0 unspecified atom stereocenters. The quantitative estimate of drug-likeness (QED) is 0.527. The molecule has 0 fully saturated rings. The molecule has 8 nitrogen and oxygen atoms in total. The van der Waals surface area contributed by atoms with Gasteiger partial charge >= 0.3 is 0 Å². The van der Waals surface area contributed by atoms with Crippen molar-refractivity contribution in [2.24, 2.45) is 0 Å². The third-order valence-corrected chi connectivity index (χ3v) is 4.64. The van der Waals surface area contributed by atoms with E-state index in [0.717, 1.165) is 16.5 Å². The summed E-state index contributed by atoms with van der Waals surface area (Å²) < 4.78 is 21.6. The minimum Gasteiger partial charge on any atom is -0.486 e. The molecule has 0 bridgehead atoms. The number of carbonyl (C=O) groups is 1. The fraction of sp³-hybridized carbons (Fsp3) is 0.136. The molecule has 30 heavy (non-hydrogen) atoms. The Morgan fingerprint density at radius 1 is 1.07 bits per heavy atom. The van der Waals surface area contributed by atoms with E-state index in [0.29, 0.717) is 29.6 Å². The van der Waals surface area contributed by atoms with E-state index in [1.165, 1.54) is 0 Å². The van der Waals surface area contributed by atoms with Crippen LogP contribution >= 0.6 is 0 Å². The molecule has 150 valence electrons. The van der Waals surface area contributed by atoms with Crippen LogP contribution in [0.2, 0.25) is 0 Å². The molecule has 1 amide bonds. The zero-order valence-electron chi connectivity index (χ0n) is 15.8. The maximum atomic E-state index is 12.3. The van der Waals surface area contributed by atoms with Gasteiger partial charge in [-0.25, -0.2) is 0 Å². The highest BCUT2D eigenvalue weighted by atomic mass is 16.7. The number of hydrogen-bond acceptors (Lipinski definition) is 7. The number of fused-ring (bicyclic) bond motifs is 2. The molecule has 0 atom stereocenters. The molecule has 0 radical (unpaired) electrons. The molecular formula is C22H17N3O5. The highest BCUT2D eigenvalue weighted by Crippen LogP contribution is 2.32. The Hall–Kier alpha value is -4.07. The van der Waals surface area contributed by atoms with Gasteiger partial charge in [0, 0.05) is 24.2 Å². The Morgan fingerprint density at radius 2 is 2.00 bits per heavy atom. The maximum absolute atomic E-state index is 12.3. The molecule has 0 spiro atoms. The van der Waals surface area contributed by atoms with E-state index in [9.17, 15) is 4.79 Å². The number of aromatic nitrogens is 2. The SMILES string of the molecule is O=C(NCc1ccc2c(c1)OCO2)c1cc(COc2ccc3ncccc3c2)on1. The Morgan fingerprint density at radius 3 is 2.97 bits per heavy atom. The molecule has 3 heterocycles. The summed E-state index contributed by atoms with van der Waals surface area (Å²) in [6.45, 7) is 0.707. The lowest BCUT2D eigenvalue weighted by Gasteiger charge is -2.05. The van der Waals surface area contributed by atoms with Crippen molar-refractivity contribution in [1.82, 2.24) is 15.5 Å². The Bertz CT molecular complexity index is 1220. The lowest BCUT2D eigenvalue weighted by molar-refractivity contribution is 0.0941. The zero-order chi connectivity index (χ0) is 20.3. The first-order valence-corrected chi connectivity index (χ1v) is 9.34. The lowest BCUT2D eigenvalue weighted by atomic mass is 10.2. The normalized spacial score (nSPS) is 12.1. The molecule has 0 saturated carbocycles. The van der Waals surface area contributed by atoms with Gasteiger partial charge in [-0.15, -0.1) is 0 Å². The van der Waals surface area contributed by atoms with Crippen LogP contribution in [0.3, 0.4) is 0 Å². The van der Waals surface area contributed by atoms with Gasteiger partial charge < -0.3 is 24.1 Å². The summed E-state index contributed by atoms with van der Waals surface area (Å²) in [5.74, 6) is 2.18. The topological polar surface area (TPSA) is 95.7 Å². The molecule has 2 aromatic carbocycles. The van der Waals surface area contributed by atoms with Gasteiger partial charge in [0.05, 0.1) is 5.52 Å². The average Bonchev–Trinajstić information content (AvgIpc) is 3.45. The maximum Gasteiger partial charge on any atom is 0.273 e. The smallest absolute Gasteiger partial charge is 0.273 e. The standard InChI is InChI=1S/C22H17N3O5/c26-22(24-11-14-3-6-20-21(8-14)29-13-28-20)19-10-17(30-25-19)12-27-16-4-5-18-15(9-16)2-1-7-23-18/h1-10H,11-13H2,(H,24,26). The fourth-order valence-corrected chi connectivity index (χ4v) is 3.11.